The number of benzene rings is 1. The fourth-order valence-corrected chi connectivity index (χ4v) is 2.52. The Hall–Kier alpha value is -2.49. The molecule has 1 aliphatic rings. The van der Waals surface area contributed by atoms with Crippen molar-refractivity contribution in [2.75, 3.05) is 4.90 Å². The van der Waals surface area contributed by atoms with Crippen molar-refractivity contribution in [3.63, 3.8) is 0 Å². The van der Waals surface area contributed by atoms with Crippen LogP contribution in [-0.2, 0) is 16.0 Å². The molecule has 1 aromatic carbocycles. The zero-order valence-corrected chi connectivity index (χ0v) is 10.9. The predicted molar refractivity (Wildman–Crippen MR) is 75.0 cm³/mol. The van der Waals surface area contributed by atoms with Gasteiger partial charge in [-0.1, -0.05) is 30.3 Å². The van der Waals surface area contributed by atoms with Gasteiger partial charge in [0, 0.05) is 18.8 Å². The van der Waals surface area contributed by atoms with E-state index in [4.69, 9.17) is 0 Å². The molecule has 0 N–H and O–H groups in total. The average molecular weight is 266 g/mol. The van der Waals surface area contributed by atoms with Crippen LogP contribution in [0.4, 0.5) is 5.69 Å². The second-order valence-electron chi connectivity index (χ2n) is 4.86. The Kier molecular flexibility index (Phi) is 3.29. The lowest BCUT2D eigenvalue weighted by Gasteiger charge is -2.14. The van der Waals surface area contributed by atoms with Gasteiger partial charge in [-0.05, 0) is 24.1 Å². The highest BCUT2D eigenvalue weighted by Gasteiger charge is 2.39. The topological polar surface area (TPSA) is 50.3 Å². The molecule has 1 saturated heterocycles. The number of rotatable bonds is 3. The highest BCUT2D eigenvalue weighted by Crippen LogP contribution is 2.28. The molecule has 3 rings (SSSR count). The van der Waals surface area contributed by atoms with Crippen molar-refractivity contribution in [3.8, 4) is 0 Å². The van der Waals surface area contributed by atoms with Crippen LogP contribution in [0.25, 0.3) is 0 Å². The van der Waals surface area contributed by atoms with Gasteiger partial charge < -0.3 is 0 Å². The molecule has 100 valence electrons. The maximum Gasteiger partial charge on any atom is 0.237 e. The number of hydrogen-bond donors (Lipinski definition) is 0. The van der Waals surface area contributed by atoms with Crippen LogP contribution in [0, 0.1) is 5.92 Å². The van der Waals surface area contributed by atoms with E-state index in [1.54, 1.807) is 24.5 Å². The standard InChI is InChI=1S/C16H14N2O2/c19-15-11-13(10-12-4-2-1-3-5-12)16(20)18(15)14-6-8-17-9-7-14/h1-9,13H,10-11H2/t13-/m1/s1. The molecule has 20 heavy (non-hydrogen) atoms. The molecule has 1 aromatic heterocycles. The third-order valence-electron chi connectivity index (χ3n) is 3.49. The molecule has 0 unspecified atom stereocenters. The number of aromatic nitrogens is 1. The van der Waals surface area contributed by atoms with Crippen molar-refractivity contribution >= 4 is 17.5 Å². The van der Waals surface area contributed by atoms with E-state index < -0.39 is 0 Å². The number of imide groups is 1. The molecular weight excluding hydrogens is 252 g/mol. The lowest BCUT2D eigenvalue weighted by atomic mass is 9.98. The van der Waals surface area contributed by atoms with E-state index >= 15 is 0 Å². The van der Waals surface area contributed by atoms with Gasteiger partial charge in [-0.25, -0.2) is 0 Å². The number of pyridine rings is 1. The van der Waals surface area contributed by atoms with Gasteiger partial charge in [0.1, 0.15) is 0 Å². The maximum atomic E-state index is 12.4. The fraction of sp³-hybridized carbons (Fsp3) is 0.188. The van der Waals surface area contributed by atoms with Crippen LogP contribution in [0.3, 0.4) is 0 Å². The van der Waals surface area contributed by atoms with Gasteiger partial charge in [0.2, 0.25) is 11.8 Å². The van der Waals surface area contributed by atoms with Crippen LogP contribution in [0.5, 0.6) is 0 Å². The van der Waals surface area contributed by atoms with E-state index in [0.717, 1.165) is 5.56 Å². The van der Waals surface area contributed by atoms with Crippen LogP contribution in [0.2, 0.25) is 0 Å². The SMILES string of the molecule is O=C1C[C@@H](Cc2ccccc2)C(=O)N1c1ccncc1. The lowest BCUT2D eigenvalue weighted by molar-refractivity contribution is -0.122. The zero-order chi connectivity index (χ0) is 13.9. The van der Waals surface area contributed by atoms with Gasteiger partial charge in [-0.15, -0.1) is 0 Å². The molecule has 0 bridgehead atoms. The number of nitrogens with zero attached hydrogens (tertiary/aromatic N) is 2. The Morgan fingerprint density at radius 1 is 1.05 bits per heavy atom. The molecule has 1 atom stereocenters. The summed E-state index contributed by atoms with van der Waals surface area (Å²) in [7, 11) is 0. The quantitative estimate of drug-likeness (QED) is 0.800. The number of carbonyl (C=O) groups excluding carboxylic acids is 2. The highest BCUT2D eigenvalue weighted by molar-refractivity contribution is 6.20. The van der Waals surface area contributed by atoms with E-state index in [-0.39, 0.29) is 24.2 Å². The molecule has 2 amide bonds. The summed E-state index contributed by atoms with van der Waals surface area (Å²) in [6.45, 7) is 0. The zero-order valence-electron chi connectivity index (χ0n) is 10.9. The third kappa shape index (κ3) is 2.32. The summed E-state index contributed by atoms with van der Waals surface area (Å²) in [5.74, 6) is -0.523. The number of hydrogen-bond acceptors (Lipinski definition) is 3. The predicted octanol–water partition coefficient (Wildman–Crippen LogP) is 2.20. The first-order valence-corrected chi connectivity index (χ1v) is 6.56. The van der Waals surface area contributed by atoms with Gasteiger partial charge in [-0.3, -0.25) is 19.5 Å². The summed E-state index contributed by atoms with van der Waals surface area (Å²) < 4.78 is 0. The monoisotopic (exact) mass is 266 g/mol. The summed E-state index contributed by atoms with van der Waals surface area (Å²) >= 11 is 0. The lowest BCUT2D eigenvalue weighted by Crippen LogP contribution is -2.30. The van der Waals surface area contributed by atoms with Crippen LogP contribution in [-0.4, -0.2) is 16.8 Å². The second kappa shape index (κ2) is 5.25. The number of amides is 2. The molecule has 0 radical (unpaired) electrons. The first kappa shape index (κ1) is 12.5. The molecule has 0 saturated carbocycles. The number of anilines is 1. The Morgan fingerprint density at radius 3 is 2.45 bits per heavy atom. The Morgan fingerprint density at radius 2 is 1.75 bits per heavy atom. The third-order valence-corrected chi connectivity index (χ3v) is 3.49. The molecule has 4 nitrogen and oxygen atoms in total. The Labute approximate surface area is 117 Å². The molecular formula is C16H14N2O2. The summed E-state index contributed by atoms with van der Waals surface area (Å²) in [4.78, 5) is 29.7. The first-order valence-electron chi connectivity index (χ1n) is 6.56. The van der Waals surface area contributed by atoms with Gasteiger partial charge in [0.05, 0.1) is 11.6 Å². The van der Waals surface area contributed by atoms with Crippen molar-refractivity contribution in [2.24, 2.45) is 5.92 Å². The molecule has 4 heteroatoms. The van der Waals surface area contributed by atoms with Gasteiger partial charge in [0.25, 0.3) is 0 Å². The van der Waals surface area contributed by atoms with Crippen molar-refractivity contribution in [1.82, 2.24) is 4.98 Å². The highest BCUT2D eigenvalue weighted by atomic mass is 16.2. The Bertz CT molecular complexity index is 625. The summed E-state index contributed by atoms with van der Waals surface area (Å²) in [6.07, 6.45) is 4.05. The Balaban J connectivity index is 1.81. The minimum Gasteiger partial charge on any atom is -0.274 e. The summed E-state index contributed by atoms with van der Waals surface area (Å²) in [5, 5.41) is 0. The van der Waals surface area contributed by atoms with Gasteiger partial charge in [0.15, 0.2) is 0 Å². The first-order chi connectivity index (χ1) is 9.75. The minimum atomic E-state index is -0.266. The molecule has 1 fully saturated rings. The second-order valence-corrected chi connectivity index (χ2v) is 4.86. The van der Waals surface area contributed by atoms with Crippen molar-refractivity contribution in [3.05, 3.63) is 60.4 Å². The number of carbonyl (C=O) groups is 2. The van der Waals surface area contributed by atoms with E-state index in [0.29, 0.717) is 12.1 Å². The normalized spacial score (nSPS) is 18.6. The molecule has 0 spiro atoms. The van der Waals surface area contributed by atoms with Crippen LogP contribution < -0.4 is 4.90 Å². The van der Waals surface area contributed by atoms with Crippen LogP contribution in [0.15, 0.2) is 54.9 Å². The molecule has 2 aromatic rings. The van der Waals surface area contributed by atoms with Crippen LogP contribution in [0.1, 0.15) is 12.0 Å². The van der Waals surface area contributed by atoms with Crippen molar-refractivity contribution in [2.45, 2.75) is 12.8 Å². The maximum absolute atomic E-state index is 12.4. The van der Waals surface area contributed by atoms with E-state index in [9.17, 15) is 9.59 Å². The van der Waals surface area contributed by atoms with Gasteiger partial charge >= 0.3 is 0 Å². The molecule has 0 aliphatic carbocycles. The van der Waals surface area contributed by atoms with E-state index in [1.807, 2.05) is 30.3 Å². The van der Waals surface area contributed by atoms with E-state index in [2.05, 4.69) is 4.98 Å². The minimum absolute atomic E-state index is 0.120. The van der Waals surface area contributed by atoms with E-state index in [1.165, 1.54) is 4.90 Å². The van der Waals surface area contributed by atoms with Crippen LogP contribution >= 0.6 is 0 Å². The smallest absolute Gasteiger partial charge is 0.237 e. The fourth-order valence-electron chi connectivity index (χ4n) is 2.52. The molecule has 2 heterocycles. The van der Waals surface area contributed by atoms with Crippen molar-refractivity contribution < 1.29 is 9.59 Å². The van der Waals surface area contributed by atoms with Gasteiger partial charge in [-0.2, -0.15) is 0 Å². The molecule has 1 aliphatic heterocycles. The summed E-state index contributed by atoms with van der Waals surface area (Å²) in [5.41, 5.74) is 1.68. The largest absolute Gasteiger partial charge is 0.274 e. The average Bonchev–Trinajstić information content (AvgIpc) is 2.75. The summed E-state index contributed by atoms with van der Waals surface area (Å²) in [6, 6.07) is 13.1. The van der Waals surface area contributed by atoms with Crippen molar-refractivity contribution in [1.29, 1.82) is 0 Å².